The second-order valence-electron chi connectivity index (χ2n) is 4.53. The molecule has 0 amide bonds. The molecule has 1 aliphatic rings. The van der Waals surface area contributed by atoms with Crippen LogP contribution in [0.2, 0.25) is 0 Å². The summed E-state index contributed by atoms with van der Waals surface area (Å²) in [6.45, 7) is 2.52. The van der Waals surface area contributed by atoms with Crippen LogP contribution in [0.5, 0.6) is 0 Å². The summed E-state index contributed by atoms with van der Waals surface area (Å²) in [5.41, 5.74) is 0. The first kappa shape index (κ1) is 8.97. The Hall–Kier alpha value is -0.120. The van der Waals surface area contributed by atoms with Crippen molar-refractivity contribution in [2.75, 3.05) is 48.3 Å². The molecular weight excluding hydrogens is 138 g/mol. The number of nitrogens with zero attached hydrogens (tertiary/aromatic N) is 3. The van der Waals surface area contributed by atoms with Gasteiger partial charge in [0, 0.05) is 6.42 Å². The quantitative estimate of drug-likeness (QED) is 0.460. The Kier molecular flexibility index (Phi) is 1.99. The van der Waals surface area contributed by atoms with Gasteiger partial charge in [0.25, 0.3) is 0 Å². The molecule has 0 aromatic heterocycles. The Morgan fingerprint density at radius 1 is 0.909 bits per heavy atom. The van der Waals surface area contributed by atoms with E-state index < -0.39 is 0 Å². The van der Waals surface area contributed by atoms with E-state index in [0.29, 0.717) is 0 Å². The van der Waals surface area contributed by atoms with Crippen molar-refractivity contribution in [3.8, 4) is 0 Å². The average molecular weight is 159 g/mol. The van der Waals surface area contributed by atoms with Gasteiger partial charge in [-0.05, 0) is 5.12 Å². The summed E-state index contributed by atoms with van der Waals surface area (Å²) in [6, 6.07) is 0. The predicted molar refractivity (Wildman–Crippen MR) is 46.3 cm³/mol. The van der Waals surface area contributed by atoms with Crippen molar-refractivity contribution in [1.82, 2.24) is 5.12 Å². The summed E-state index contributed by atoms with van der Waals surface area (Å²) in [5, 5.41) is 2.39. The first-order valence-corrected chi connectivity index (χ1v) is 4.27. The van der Waals surface area contributed by atoms with Crippen LogP contribution in [0.3, 0.4) is 0 Å². The molecule has 0 aromatic rings. The molecule has 66 valence electrons. The Balaban J connectivity index is 2.76. The van der Waals surface area contributed by atoms with Crippen LogP contribution in [0.1, 0.15) is 6.42 Å². The van der Waals surface area contributed by atoms with Gasteiger partial charge in [-0.15, -0.1) is 0 Å². The van der Waals surface area contributed by atoms with Gasteiger partial charge in [-0.25, -0.2) is 9.18 Å². The van der Waals surface area contributed by atoms with E-state index in [1.807, 2.05) is 0 Å². The molecule has 3 heteroatoms. The van der Waals surface area contributed by atoms with Crippen LogP contribution in [0.4, 0.5) is 0 Å². The summed E-state index contributed by atoms with van der Waals surface area (Å²) < 4.78 is 2.01. The largest absolute Gasteiger partial charge is 0.204 e. The summed E-state index contributed by atoms with van der Waals surface area (Å²) in [6.07, 6.45) is 1.32. The lowest BCUT2D eigenvalue weighted by Crippen LogP contribution is -2.70. The highest BCUT2D eigenvalue weighted by Gasteiger charge is 2.40. The van der Waals surface area contributed by atoms with Gasteiger partial charge in [-0.2, -0.15) is 0 Å². The number of rotatable bonds is 0. The highest BCUT2D eigenvalue weighted by atomic mass is 16.0. The molecule has 0 unspecified atom stereocenters. The number of quaternary nitrogens is 2. The molecule has 0 N–H and O–H groups in total. The molecular formula is C8H21N3+2. The molecule has 1 aliphatic heterocycles. The SMILES string of the molecule is CN1[N+](C)(C)CCC[N+]1(C)C. The minimum absolute atomic E-state index is 1.01. The van der Waals surface area contributed by atoms with Crippen LogP contribution in [0, 0.1) is 0 Å². The minimum atomic E-state index is 1.01. The molecule has 0 radical (unpaired) electrons. The second-order valence-corrected chi connectivity index (χ2v) is 4.53. The van der Waals surface area contributed by atoms with Crippen molar-refractivity contribution in [2.45, 2.75) is 6.42 Å². The van der Waals surface area contributed by atoms with Gasteiger partial charge in [0.1, 0.15) is 13.1 Å². The lowest BCUT2D eigenvalue weighted by molar-refractivity contribution is -1.24. The lowest BCUT2D eigenvalue weighted by atomic mass is 10.3. The Morgan fingerprint density at radius 2 is 1.27 bits per heavy atom. The fraction of sp³-hybridized carbons (Fsp3) is 1.00. The normalized spacial score (nSPS) is 30.3. The van der Waals surface area contributed by atoms with E-state index >= 15 is 0 Å². The molecule has 11 heavy (non-hydrogen) atoms. The first-order chi connectivity index (χ1) is 4.86. The molecule has 1 heterocycles. The van der Waals surface area contributed by atoms with Gasteiger partial charge in [0.05, 0.1) is 35.2 Å². The molecule has 0 atom stereocenters. The van der Waals surface area contributed by atoms with Gasteiger partial charge in [0.2, 0.25) is 0 Å². The molecule has 1 fully saturated rings. The lowest BCUT2D eigenvalue weighted by Gasteiger charge is -2.49. The van der Waals surface area contributed by atoms with Crippen molar-refractivity contribution in [3.05, 3.63) is 0 Å². The van der Waals surface area contributed by atoms with Gasteiger partial charge < -0.3 is 0 Å². The predicted octanol–water partition coefficient (Wildman–Crippen LogP) is 0.305. The maximum absolute atomic E-state index is 2.39. The first-order valence-electron chi connectivity index (χ1n) is 4.27. The van der Waals surface area contributed by atoms with Gasteiger partial charge >= 0.3 is 0 Å². The van der Waals surface area contributed by atoms with Crippen LogP contribution in [0.25, 0.3) is 0 Å². The molecule has 0 aromatic carbocycles. The zero-order valence-electron chi connectivity index (χ0n) is 8.46. The van der Waals surface area contributed by atoms with Crippen molar-refractivity contribution < 1.29 is 9.18 Å². The highest BCUT2D eigenvalue weighted by Crippen LogP contribution is 2.18. The Labute approximate surface area is 69.9 Å². The van der Waals surface area contributed by atoms with Crippen molar-refractivity contribution in [2.24, 2.45) is 0 Å². The molecule has 1 rings (SSSR count). The Bertz CT molecular complexity index is 135. The zero-order chi connectivity index (χ0) is 8.70. The van der Waals surface area contributed by atoms with Crippen LogP contribution >= 0.6 is 0 Å². The molecule has 0 spiro atoms. The van der Waals surface area contributed by atoms with E-state index in [-0.39, 0.29) is 0 Å². The third-order valence-electron chi connectivity index (χ3n) is 2.98. The standard InChI is InChI=1S/C8H21N3/c1-9-10(2,3)7-6-8-11(9,4)5/h6-8H2,1-5H3/q+2. The smallest absolute Gasteiger partial charge is 0.106 e. The molecule has 1 saturated heterocycles. The Morgan fingerprint density at radius 3 is 1.55 bits per heavy atom. The number of hydrogen-bond acceptors (Lipinski definition) is 1. The fourth-order valence-electron chi connectivity index (χ4n) is 1.79. The van der Waals surface area contributed by atoms with Crippen LogP contribution in [-0.2, 0) is 0 Å². The fourth-order valence-corrected chi connectivity index (χ4v) is 1.79. The number of hydrogen-bond donors (Lipinski definition) is 0. The van der Waals surface area contributed by atoms with E-state index in [9.17, 15) is 0 Å². The van der Waals surface area contributed by atoms with Gasteiger partial charge in [0.15, 0.2) is 0 Å². The van der Waals surface area contributed by atoms with Crippen molar-refractivity contribution >= 4 is 0 Å². The van der Waals surface area contributed by atoms with Crippen molar-refractivity contribution in [1.29, 1.82) is 0 Å². The third kappa shape index (κ3) is 1.55. The average Bonchev–Trinajstić information content (AvgIpc) is 1.82. The van der Waals surface area contributed by atoms with Gasteiger partial charge in [-0.3, -0.25) is 0 Å². The topological polar surface area (TPSA) is 3.24 Å². The van der Waals surface area contributed by atoms with E-state index in [2.05, 4.69) is 40.4 Å². The van der Waals surface area contributed by atoms with Gasteiger partial charge in [-0.1, -0.05) is 0 Å². The van der Waals surface area contributed by atoms with Crippen LogP contribution in [-0.4, -0.2) is 62.6 Å². The summed E-state index contributed by atoms with van der Waals surface area (Å²) in [7, 11) is 11.2. The summed E-state index contributed by atoms with van der Waals surface area (Å²) in [4.78, 5) is 0. The second kappa shape index (κ2) is 2.44. The van der Waals surface area contributed by atoms with E-state index in [0.717, 1.165) is 9.18 Å². The summed E-state index contributed by atoms with van der Waals surface area (Å²) >= 11 is 0. The minimum Gasteiger partial charge on any atom is -0.204 e. The maximum Gasteiger partial charge on any atom is 0.106 e. The highest BCUT2D eigenvalue weighted by molar-refractivity contribution is 4.38. The van der Waals surface area contributed by atoms with Crippen molar-refractivity contribution in [3.63, 3.8) is 0 Å². The monoisotopic (exact) mass is 159 g/mol. The maximum atomic E-state index is 2.39. The molecule has 0 saturated carbocycles. The molecule has 3 nitrogen and oxygen atoms in total. The van der Waals surface area contributed by atoms with Crippen LogP contribution < -0.4 is 0 Å². The van der Waals surface area contributed by atoms with E-state index in [1.54, 1.807) is 0 Å². The van der Waals surface area contributed by atoms with E-state index in [4.69, 9.17) is 0 Å². The zero-order valence-corrected chi connectivity index (χ0v) is 8.46. The van der Waals surface area contributed by atoms with Crippen LogP contribution in [0.15, 0.2) is 0 Å². The summed E-state index contributed by atoms with van der Waals surface area (Å²) in [5.74, 6) is 0. The molecule has 0 aliphatic carbocycles. The third-order valence-corrected chi connectivity index (χ3v) is 2.98. The molecule has 0 bridgehead atoms. The van der Waals surface area contributed by atoms with E-state index in [1.165, 1.54) is 19.5 Å².